The third-order valence-electron chi connectivity index (χ3n) is 2.78. The average molecular weight is 3140 g/mol. The van der Waals surface area contributed by atoms with Gasteiger partial charge in [0.2, 0.25) is 0 Å². The SMILES string of the molecule is C[CH-]c1cc(C)ccc1-c1[c-]cc(C)cc1.[Y].[Y].[Y].[Y].[Y].[Y].[Y].[Y].[Y].[Y].[Y].[Y].[Y].[Y].[Y].[Y].[Y].[Y].[Y].[Y].[Y].[Y].[Y].[Y].[Y].[Y].[Y].[Y].[Y].[Y].[Y].[Y].[Y]. The van der Waals surface area contributed by atoms with E-state index in [4.69, 9.17) is 0 Å². The minimum Gasteiger partial charge on any atom is -0.184 e. The zero-order valence-corrected chi connectivity index (χ0v) is 123. The van der Waals surface area contributed by atoms with Crippen molar-refractivity contribution in [2.24, 2.45) is 0 Å². The molecule has 0 aliphatic heterocycles. The predicted octanol–water partition coefficient (Wildman–Crippen LogP) is 4.26. The van der Waals surface area contributed by atoms with Crippen molar-refractivity contribution in [1.82, 2.24) is 0 Å². The van der Waals surface area contributed by atoms with E-state index in [1.165, 1.54) is 27.8 Å². The van der Waals surface area contributed by atoms with E-state index in [1.807, 2.05) is 6.07 Å². The molecule has 181 valence electrons. The molecule has 2 rings (SSSR count). The van der Waals surface area contributed by atoms with E-state index in [2.05, 4.69) is 63.6 Å². The van der Waals surface area contributed by atoms with Gasteiger partial charge in [-0.1, -0.05) is 32.9 Å². The molecule has 0 saturated carbocycles. The van der Waals surface area contributed by atoms with Crippen molar-refractivity contribution in [3.05, 3.63) is 65.6 Å². The average Bonchev–Trinajstić information content (AvgIpc) is 2.30. The maximum absolute atomic E-state index is 3.33. The summed E-state index contributed by atoms with van der Waals surface area (Å²) in [6.07, 6.45) is 2.15. The molecule has 0 fully saturated rings. The van der Waals surface area contributed by atoms with Gasteiger partial charge in [0.15, 0.2) is 0 Å². The minimum absolute atomic E-state index is 0. The molecule has 0 nitrogen and oxygen atoms in total. The number of hydrogen-bond donors (Lipinski definition) is 0. The van der Waals surface area contributed by atoms with Crippen LogP contribution in [0.1, 0.15) is 23.6 Å². The Balaban J connectivity index is -0.00000000292. The molecule has 0 atom stereocenters. The molecule has 33 heteroatoms. The zero-order chi connectivity index (χ0) is 11.5. The summed E-state index contributed by atoms with van der Waals surface area (Å²) in [5.74, 6) is 0. The molecule has 49 heavy (non-hydrogen) atoms. The van der Waals surface area contributed by atoms with E-state index in [0.717, 1.165) is 0 Å². The first-order chi connectivity index (χ1) is 7.70. The van der Waals surface area contributed by atoms with Crippen LogP contribution >= 0.6 is 0 Å². The third-order valence-corrected chi connectivity index (χ3v) is 2.78. The van der Waals surface area contributed by atoms with E-state index in [0.29, 0.717) is 0 Å². The Kier molecular flexibility index (Phi) is 725. The van der Waals surface area contributed by atoms with E-state index >= 15 is 0 Å². The predicted molar refractivity (Wildman–Crippen MR) is 69.3 cm³/mol. The van der Waals surface area contributed by atoms with E-state index in [1.54, 1.807) is 0 Å². The fourth-order valence-electron chi connectivity index (χ4n) is 1.84. The molecule has 0 aliphatic rings. The van der Waals surface area contributed by atoms with Gasteiger partial charge in [0.25, 0.3) is 0 Å². The monoisotopic (exact) mass is 3140 g/mol. The number of aryl methyl sites for hydroxylation is 2. The van der Waals surface area contributed by atoms with Crippen LogP contribution < -0.4 is 0 Å². The van der Waals surface area contributed by atoms with Crippen molar-refractivity contribution in [3.63, 3.8) is 0 Å². The van der Waals surface area contributed by atoms with Crippen LogP contribution in [0.25, 0.3) is 11.1 Å². The molecule has 0 spiro atoms. The molecule has 0 amide bonds. The third kappa shape index (κ3) is 133. The van der Waals surface area contributed by atoms with Crippen LogP contribution in [0.15, 0.2) is 36.4 Å². The second kappa shape index (κ2) is 166. The summed E-state index contributed by atoms with van der Waals surface area (Å²) >= 11 is 0. The van der Waals surface area contributed by atoms with E-state index in [-0.39, 0.29) is 1080 Å². The normalized spacial score (nSPS) is 3.33. The van der Waals surface area contributed by atoms with Crippen LogP contribution in [0.3, 0.4) is 0 Å². The first-order valence-corrected chi connectivity index (χ1v) is 5.59. The topological polar surface area (TPSA) is 0 Å². The Morgan fingerprint density at radius 1 is 0.347 bits per heavy atom. The van der Waals surface area contributed by atoms with Crippen molar-refractivity contribution in [1.29, 1.82) is 0 Å². The van der Waals surface area contributed by atoms with Crippen LogP contribution in [0.4, 0.5) is 0 Å². The molecule has 0 saturated heterocycles. The van der Waals surface area contributed by atoms with Crippen molar-refractivity contribution in [3.8, 4) is 11.1 Å². The standard InChI is InChI=1S/C16H16.33Y/c1-4-14-11-13(3)7-10-16(14)15-8-5-12(2)6-9-15;;;;;;;;;;;;;;;;;;;;;;;;;;;;;;;;;/h4-8,10-11H,1-3H3;;;;;;;;;;;;;;;;;;;;;;;;;;;;;;;;;/q-2;;;;;;;;;;;;;;;;;;;;;;;;;;;;;;;;;. The van der Waals surface area contributed by atoms with Crippen molar-refractivity contribution >= 4 is 0 Å². The smallest absolute Gasteiger partial charge is 0 e. The number of hydrogen-bond acceptors (Lipinski definition) is 0. The summed E-state index contributed by atoms with van der Waals surface area (Å²) in [6.45, 7) is 6.28. The molecule has 2 aromatic rings. The Bertz CT molecular complexity index is 523. The maximum atomic E-state index is 3.33. The van der Waals surface area contributed by atoms with Gasteiger partial charge in [0.05, 0.1) is 0 Å². The molecule has 2 aromatic carbocycles. The fourth-order valence-corrected chi connectivity index (χ4v) is 1.84. The number of rotatable bonds is 2. The first-order valence-electron chi connectivity index (χ1n) is 5.59. The van der Waals surface area contributed by atoms with Crippen LogP contribution in [0.2, 0.25) is 0 Å². The fraction of sp³-hybridized carbons (Fsp3) is 0.188. The van der Waals surface area contributed by atoms with Crippen molar-refractivity contribution in [2.45, 2.75) is 20.8 Å². The summed E-state index contributed by atoms with van der Waals surface area (Å²) in [7, 11) is 0. The van der Waals surface area contributed by atoms with E-state index < -0.39 is 0 Å². The summed E-state index contributed by atoms with van der Waals surface area (Å²) < 4.78 is 0. The van der Waals surface area contributed by atoms with Gasteiger partial charge in [-0.3, -0.25) is 0 Å². The second-order valence-corrected chi connectivity index (χ2v) is 4.16. The molecular weight excluding hydrogens is 3130 g/mol. The summed E-state index contributed by atoms with van der Waals surface area (Å²) in [5.41, 5.74) is 6.24. The van der Waals surface area contributed by atoms with Gasteiger partial charge in [-0.2, -0.15) is 18.1 Å². The molecule has 0 N–H and O–H groups in total. The first kappa shape index (κ1) is 214. The Labute approximate surface area is 1130 Å². The van der Waals surface area contributed by atoms with Crippen LogP contribution in [0, 0.1) is 26.3 Å². The quantitative estimate of drug-likeness (QED) is 0.396. The molecule has 0 aliphatic carbocycles. The van der Waals surface area contributed by atoms with Crippen molar-refractivity contribution in [2.75, 3.05) is 0 Å². The van der Waals surface area contributed by atoms with E-state index in [9.17, 15) is 0 Å². The Hall–Kier alpha value is 34.7. The van der Waals surface area contributed by atoms with Gasteiger partial charge in [-0.05, 0) is 0 Å². The molecule has 0 bridgehead atoms. The van der Waals surface area contributed by atoms with Gasteiger partial charge in [-0.25, -0.2) is 0 Å². The van der Waals surface area contributed by atoms with Crippen LogP contribution in [-0.2, 0) is 1080 Å². The summed E-state index contributed by atoms with van der Waals surface area (Å²) in [6, 6.07) is 16.2. The molecule has 0 aromatic heterocycles. The molecule has 33 radical (unpaired) electrons. The van der Waals surface area contributed by atoms with Gasteiger partial charge in [0, 0.05) is 1080 Å². The minimum atomic E-state index is 0. The maximum Gasteiger partial charge on any atom is 0 e. The van der Waals surface area contributed by atoms with Gasteiger partial charge >= 0.3 is 0 Å². The van der Waals surface area contributed by atoms with Crippen LogP contribution in [-0.4, -0.2) is 0 Å². The Morgan fingerprint density at radius 2 is 0.592 bits per heavy atom. The zero-order valence-electron chi connectivity index (χ0n) is 29.1. The number of benzene rings is 2. The van der Waals surface area contributed by atoms with Crippen molar-refractivity contribution < 1.29 is 1080 Å². The second-order valence-electron chi connectivity index (χ2n) is 4.16. The Morgan fingerprint density at radius 3 is 0.796 bits per heavy atom. The molecule has 0 heterocycles. The van der Waals surface area contributed by atoms with Gasteiger partial charge < -0.3 is 0 Å². The molecule has 0 unspecified atom stereocenters. The molecular formula is C16H16Y33-2. The van der Waals surface area contributed by atoms with Gasteiger partial charge in [-0.15, -0.1) is 46.5 Å². The van der Waals surface area contributed by atoms with Gasteiger partial charge in [0.1, 0.15) is 0 Å². The summed E-state index contributed by atoms with van der Waals surface area (Å²) in [4.78, 5) is 0. The largest absolute Gasteiger partial charge is 0.184 e. The van der Waals surface area contributed by atoms with Crippen LogP contribution in [0.5, 0.6) is 0 Å². The summed E-state index contributed by atoms with van der Waals surface area (Å²) in [5, 5.41) is 0.